The van der Waals surface area contributed by atoms with Crippen LogP contribution in [0.1, 0.15) is 25.3 Å². The van der Waals surface area contributed by atoms with Crippen molar-refractivity contribution in [2.45, 2.75) is 50.6 Å². The van der Waals surface area contributed by atoms with Crippen molar-refractivity contribution in [3.8, 4) is 11.5 Å². The molecule has 3 aromatic rings. The SMILES string of the molecule is C[C@@H](C(=O)N[C@@H]1C(=O)N(Cc2c(OC(F)F)ccc3ccccc23)c2ccccc2OC12CCOCC2)N(C)C(=O)O. The van der Waals surface area contributed by atoms with E-state index in [-0.39, 0.29) is 38.3 Å². The van der Waals surface area contributed by atoms with E-state index in [1.54, 1.807) is 42.5 Å². The fraction of sp³-hybridized carbons (Fsp3) is 0.367. The summed E-state index contributed by atoms with van der Waals surface area (Å²) in [6, 6.07) is 14.8. The van der Waals surface area contributed by atoms with Crippen molar-refractivity contribution in [3.63, 3.8) is 0 Å². The van der Waals surface area contributed by atoms with E-state index in [9.17, 15) is 28.3 Å². The molecular weight excluding hydrogens is 552 g/mol. The van der Waals surface area contributed by atoms with Crippen LogP contribution < -0.4 is 19.7 Å². The number of likely N-dealkylation sites (N-methyl/N-ethyl adjacent to an activating group) is 1. The van der Waals surface area contributed by atoms with Crippen LogP contribution in [0, 0.1) is 0 Å². The summed E-state index contributed by atoms with van der Waals surface area (Å²) < 4.78 is 44.0. The van der Waals surface area contributed by atoms with E-state index >= 15 is 0 Å². The molecule has 0 aromatic heterocycles. The van der Waals surface area contributed by atoms with Gasteiger partial charge in [0.15, 0.2) is 0 Å². The van der Waals surface area contributed by atoms with Gasteiger partial charge in [-0.3, -0.25) is 14.5 Å². The molecule has 2 aliphatic heterocycles. The number of amides is 3. The molecule has 3 aromatic carbocycles. The van der Waals surface area contributed by atoms with Crippen molar-refractivity contribution >= 4 is 34.4 Å². The summed E-state index contributed by atoms with van der Waals surface area (Å²) >= 11 is 0. The van der Waals surface area contributed by atoms with Crippen molar-refractivity contribution in [2.24, 2.45) is 0 Å². The Morgan fingerprint density at radius 2 is 1.81 bits per heavy atom. The number of rotatable bonds is 7. The lowest BCUT2D eigenvalue weighted by atomic mass is 9.84. The number of ether oxygens (including phenoxy) is 3. The zero-order valence-corrected chi connectivity index (χ0v) is 23.1. The number of hydrogen-bond acceptors (Lipinski definition) is 6. The number of halogens is 2. The van der Waals surface area contributed by atoms with Crippen LogP contribution in [-0.4, -0.2) is 72.5 Å². The van der Waals surface area contributed by atoms with Gasteiger partial charge >= 0.3 is 12.7 Å². The minimum Gasteiger partial charge on any atom is -0.482 e. The highest BCUT2D eigenvalue weighted by molar-refractivity contribution is 6.03. The molecule has 1 spiro atoms. The van der Waals surface area contributed by atoms with Crippen molar-refractivity contribution in [1.29, 1.82) is 0 Å². The molecule has 42 heavy (non-hydrogen) atoms. The lowest BCUT2D eigenvalue weighted by Crippen LogP contribution is -2.65. The van der Waals surface area contributed by atoms with Crippen molar-refractivity contribution < 1.29 is 42.5 Å². The van der Waals surface area contributed by atoms with Gasteiger partial charge in [-0.25, -0.2) is 4.79 Å². The Labute approximate surface area is 240 Å². The van der Waals surface area contributed by atoms with Crippen LogP contribution in [0.5, 0.6) is 11.5 Å². The maximum atomic E-state index is 14.6. The van der Waals surface area contributed by atoms with Crippen LogP contribution >= 0.6 is 0 Å². The molecule has 2 aliphatic rings. The van der Waals surface area contributed by atoms with E-state index in [0.717, 1.165) is 10.3 Å². The monoisotopic (exact) mass is 583 g/mol. The summed E-state index contributed by atoms with van der Waals surface area (Å²) in [5.74, 6) is -0.948. The smallest absolute Gasteiger partial charge is 0.407 e. The molecule has 1 saturated heterocycles. The first kappa shape index (κ1) is 29.1. The molecule has 5 rings (SSSR count). The van der Waals surface area contributed by atoms with Gasteiger partial charge in [0, 0.05) is 25.5 Å². The van der Waals surface area contributed by atoms with Gasteiger partial charge in [-0.1, -0.05) is 42.5 Å². The third-order valence-electron chi connectivity index (χ3n) is 7.93. The number of benzene rings is 3. The second-order valence-electron chi connectivity index (χ2n) is 10.3. The number of nitrogens with zero attached hydrogens (tertiary/aromatic N) is 2. The third-order valence-corrected chi connectivity index (χ3v) is 7.93. The number of hydrogen-bond donors (Lipinski definition) is 2. The highest BCUT2D eigenvalue weighted by Crippen LogP contribution is 2.42. The molecule has 10 nitrogen and oxygen atoms in total. The number of fused-ring (bicyclic) bond motifs is 2. The number of alkyl halides is 2. The highest BCUT2D eigenvalue weighted by Gasteiger charge is 2.52. The number of anilines is 1. The fourth-order valence-electron chi connectivity index (χ4n) is 5.46. The first-order valence-corrected chi connectivity index (χ1v) is 13.5. The average Bonchev–Trinajstić information content (AvgIpc) is 3.06. The lowest BCUT2D eigenvalue weighted by Gasteiger charge is -2.42. The van der Waals surface area contributed by atoms with Crippen LogP contribution in [0.15, 0.2) is 60.7 Å². The first-order chi connectivity index (χ1) is 20.1. The van der Waals surface area contributed by atoms with E-state index in [2.05, 4.69) is 5.32 Å². The molecule has 0 bridgehead atoms. The number of nitrogens with one attached hydrogen (secondary N) is 1. The Hall–Kier alpha value is -4.45. The average molecular weight is 584 g/mol. The van der Waals surface area contributed by atoms with Gasteiger partial charge in [0.2, 0.25) is 5.91 Å². The van der Waals surface area contributed by atoms with E-state index in [1.165, 1.54) is 24.9 Å². The lowest BCUT2D eigenvalue weighted by molar-refractivity contribution is -0.139. The summed E-state index contributed by atoms with van der Waals surface area (Å²) in [6.07, 6.45) is -0.773. The predicted molar refractivity (Wildman–Crippen MR) is 149 cm³/mol. The molecule has 2 heterocycles. The number of carbonyl (C=O) groups excluding carboxylic acids is 2. The summed E-state index contributed by atoms with van der Waals surface area (Å²) in [7, 11) is 1.26. The van der Waals surface area contributed by atoms with Crippen LogP contribution in [0.3, 0.4) is 0 Å². The van der Waals surface area contributed by atoms with Crippen LogP contribution in [0.25, 0.3) is 10.8 Å². The molecule has 0 aliphatic carbocycles. The maximum absolute atomic E-state index is 14.6. The molecule has 222 valence electrons. The molecule has 0 unspecified atom stereocenters. The van der Waals surface area contributed by atoms with Gasteiger partial charge in [-0.2, -0.15) is 8.78 Å². The second kappa shape index (κ2) is 11.8. The van der Waals surface area contributed by atoms with E-state index in [0.29, 0.717) is 22.4 Å². The molecule has 1 fully saturated rings. The van der Waals surface area contributed by atoms with Crippen LogP contribution in [0.4, 0.5) is 19.3 Å². The predicted octanol–water partition coefficient (Wildman–Crippen LogP) is 4.40. The van der Waals surface area contributed by atoms with Crippen molar-refractivity contribution in [2.75, 3.05) is 25.2 Å². The maximum Gasteiger partial charge on any atom is 0.407 e. The second-order valence-corrected chi connectivity index (χ2v) is 10.3. The Morgan fingerprint density at radius 3 is 2.52 bits per heavy atom. The van der Waals surface area contributed by atoms with Crippen molar-refractivity contribution in [1.82, 2.24) is 10.2 Å². The Bertz CT molecular complexity index is 1490. The summed E-state index contributed by atoms with van der Waals surface area (Å²) in [4.78, 5) is 41.7. The topological polar surface area (TPSA) is 118 Å². The van der Waals surface area contributed by atoms with Crippen molar-refractivity contribution in [3.05, 3.63) is 66.2 Å². The summed E-state index contributed by atoms with van der Waals surface area (Å²) in [6.45, 7) is -1.32. The minimum atomic E-state index is -3.09. The van der Waals surface area contributed by atoms with Gasteiger partial charge in [0.1, 0.15) is 29.2 Å². The quantitative estimate of drug-likeness (QED) is 0.424. The number of carboxylic acid groups (broad SMARTS) is 1. The minimum absolute atomic E-state index is 0.0859. The van der Waals surface area contributed by atoms with E-state index in [4.69, 9.17) is 14.2 Å². The number of para-hydroxylation sites is 2. The molecular formula is C30H31F2N3O7. The standard InChI is InChI=1S/C30H31F2N3O7/c1-18(34(2)29(38)39)26(36)33-25-27(37)35(22-9-5-6-10-24(22)42-30(25)13-15-40-16-14-30)17-21-20-8-4-3-7-19(20)11-12-23(21)41-28(31)32/h3-12,18,25,28H,13-17H2,1-2H3,(H,33,36)(H,38,39)/t18-,25+/m0/s1. The number of carbonyl (C=O) groups is 3. The van der Waals surface area contributed by atoms with Gasteiger partial charge in [0.25, 0.3) is 5.91 Å². The normalized spacial score (nSPS) is 18.6. The molecule has 12 heteroatoms. The van der Waals surface area contributed by atoms with Gasteiger partial charge < -0.3 is 29.5 Å². The Kier molecular flexibility index (Phi) is 8.17. The van der Waals surface area contributed by atoms with Crippen LogP contribution in [-0.2, 0) is 20.9 Å². The van der Waals surface area contributed by atoms with Gasteiger partial charge in [-0.15, -0.1) is 0 Å². The Morgan fingerprint density at radius 1 is 1.12 bits per heavy atom. The zero-order valence-electron chi connectivity index (χ0n) is 23.1. The van der Waals surface area contributed by atoms with Gasteiger partial charge in [0.05, 0.1) is 25.4 Å². The molecule has 2 N–H and O–H groups in total. The first-order valence-electron chi connectivity index (χ1n) is 13.5. The summed E-state index contributed by atoms with van der Waals surface area (Å²) in [5, 5.41) is 13.6. The fourth-order valence-corrected chi connectivity index (χ4v) is 5.46. The molecule has 0 saturated carbocycles. The molecule has 2 atom stereocenters. The van der Waals surface area contributed by atoms with Crippen LogP contribution in [0.2, 0.25) is 0 Å². The largest absolute Gasteiger partial charge is 0.482 e. The zero-order chi connectivity index (χ0) is 30.0. The van der Waals surface area contributed by atoms with E-state index in [1.807, 2.05) is 12.1 Å². The van der Waals surface area contributed by atoms with Gasteiger partial charge in [-0.05, 0) is 35.9 Å². The third kappa shape index (κ3) is 5.54. The molecule has 3 amide bonds. The Balaban J connectivity index is 1.62. The van der Waals surface area contributed by atoms with E-state index < -0.39 is 42.2 Å². The summed E-state index contributed by atoms with van der Waals surface area (Å²) in [5.41, 5.74) is -0.474. The molecule has 0 radical (unpaired) electrons. The highest BCUT2D eigenvalue weighted by atomic mass is 19.3.